The monoisotopic (exact) mass is 270 g/mol. The Morgan fingerprint density at radius 1 is 1.25 bits per heavy atom. The van der Waals surface area contributed by atoms with E-state index >= 15 is 0 Å². The zero-order valence-corrected chi connectivity index (χ0v) is 12.1. The van der Waals surface area contributed by atoms with Gasteiger partial charge in [0, 0.05) is 18.2 Å². The number of furan rings is 1. The van der Waals surface area contributed by atoms with Gasteiger partial charge in [0.05, 0.1) is 6.04 Å². The molecule has 1 aromatic carbocycles. The van der Waals surface area contributed by atoms with E-state index in [2.05, 4.69) is 55.6 Å². The Bertz CT molecular complexity index is 573. The van der Waals surface area contributed by atoms with Crippen LogP contribution in [0.5, 0.6) is 0 Å². The Morgan fingerprint density at radius 2 is 1.95 bits per heavy atom. The second-order valence-electron chi connectivity index (χ2n) is 5.86. The van der Waals surface area contributed by atoms with Gasteiger partial charge in [0.1, 0.15) is 11.5 Å². The molecule has 0 amide bonds. The molecule has 3 rings (SSSR count). The fourth-order valence-corrected chi connectivity index (χ4v) is 2.57. The highest BCUT2D eigenvalue weighted by molar-refractivity contribution is 5.46. The van der Waals surface area contributed by atoms with Crippen LogP contribution in [0.15, 0.2) is 40.8 Å². The summed E-state index contributed by atoms with van der Waals surface area (Å²) >= 11 is 0. The molecule has 2 aromatic rings. The summed E-state index contributed by atoms with van der Waals surface area (Å²) < 4.78 is 5.98. The van der Waals surface area contributed by atoms with Crippen LogP contribution >= 0.6 is 0 Å². The van der Waals surface area contributed by atoms with Gasteiger partial charge in [-0.05, 0) is 43.5 Å². The number of anilines is 1. The summed E-state index contributed by atoms with van der Waals surface area (Å²) in [6, 6.07) is 12.5. The zero-order chi connectivity index (χ0) is 14.1. The summed E-state index contributed by atoms with van der Waals surface area (Å²) in [6.07, 6.45) is 1.24. The summed E-state index contributed by atoms with van der Waals surface area (Å²) in [6.45, 7) is 4.86. The van der Waals surface area contributed by atoms with E-state index in [0.717, 1.165) is 23.1 Å². The second-order valence-corrected chi connectivity index (χ2v) is 5.86. The molecule has 1 fully saturated rings. The van der Waals surface area contributed by atoms with E-state index in [4.69, 9.17) is 10.2 Å². The Morgan fingerprint density at radius 3 is 2.55 bits per heavy atom. The van der Waals surface area contributed by atoms with Crippen molar-refractivity contribution in [3.63, 3.8) is 0 Å². The van der Waals surface area contributed by atoms with E-state index in [0.29, 0.717) is 12.5 Å². The molecule has 106 valence electrons. The molecule has 0 saturated heterocycles. The maximum atomic E-state index is 5.98. The third-order valence-electron chi connectivity index (χ3n) is 4.09. The Balaban J connectivity index is 1.72. The van der Waals surface area contributed by atoms with E-state index < -0.39 is 0 Å². The standard InChI is InChI=1S/C17H22N2O/c1-11-3-5-13(6-4-11)19-15(10-18)17-8-7-16(20-17)14-9-12(14)2/h3-8,12,14-15,19H,9-10,18H2,1-2H3. The van der Waals surface area contributed by atoms with Crippen LogP contribution in [0.1, 0.15) is 42.4 Å². The number of rotatable bonds is 5. The number of aryl methyl sites for hydroxylation is 1. The normalized spacial score (nSPS) is 22.6. The minimum atomic E-state index is 0.0283. The summed E-state index contributed by atoms with van der Waals surface area (Å²) in [7, 11) is 0. The third-order valence-corrected chi connectivity index (χ3v) is 4.09. The van der Waals surface area contributed by atoms with Crippen molar-refractivity contribution in [2.45, 2.75) is 32.2 Å². The van der Waals surface area contributed by atoms with E-state index in [9.17, 15) is 0 Å². The molecule has 3 unspecified atom stereocenters. The quantitative estimate of drug-likeness (QED) is 0.868. The highest BCUT2D eigenvalue weighted by Crippen LogP contribution is 2.47. The first kappa shape index (κ1) is 13.3. The molecule has 3 nitrogen and oxygen atoms in total. The molecule has 0 bridgehead atoms. The van der Waals surface area contributed by atoms with E-state index in [-0.39, 0.29) is 6.04 Å². The lowest BCUT2D eigenvalue weighted by Crippen LogP contribution is -2.20. The summed E-state index contributed by atoms with van der Waals surface area (Å²) in [5.74, 6) is 3.41. The molecular formula is C17H22N2O. The van der Waals surface area contributed by atoms with Crippen LogP contribution in [0.3, 0.4) is 0 Å². The largest absolute Gasteiger partial charge is 0.464 e. The smallest absolute Gasteiger partial charge is 0.127 e. The van der Waals surface area contributed by atoms with Crippen molar-refractivity contribution in [3.8, 4) is 0 Å². The number of hydrogen-bond donors (Lipinski definition) is 2. The van der Waals surface area contributed by atoms with Crippen molar-refractivity contribution in [2.75, 3.05) is 11.9 Å². The van der Waals surface area contributed by atoms with Crippen LogP contribution in [-0.4, -0.2) is 6.54 Å². The molecule has 1 aliphatic carbocycles. The van der Waals surface area contributed by atoms with Gasteiger partial charge >= 0.3 is 0 Å². The summed E-state index contributed by atoms with van der Waals surface area (Å²) in [5, 5.41) is 3.44. The molecule has 3 heteroatoms. The van der Waals surface area contributed by atoms with Crippen molar-refractivity contribution in [1.82, 2.24) is 0 Å². The van der Waals surface area contributed by atoms with Gasteiger partial charge in [-0.3, -0.25) is 0 Å². The SMILES string of the molecule is Cc1ccc(NC(CN)c2ccc(C3CC3C)o2)cc1. The van der Waals surface area contributed by atoms with Gasteiger partial charge < -0.3 is 15.5 Å². The number of nitrogens with one attached hydrogen (secondary N) is 1. The molecule has 20 heavy (non-hydrogen) atoms. The second kappa shape index (κ2) is 5.33. The van der Waals surface area contributed by atoms with Crippen LogP contribution in [0.25, 0.3) is 0 Å². The first-order valence-electron chi connectivity index (χ1n) is 7.30. The molecule has 3 N–H and O–H groups in total. The predicted molar refractivity (Wildman–Crippen MR) is 81.8 cm³/mol. The van der Waals surface area contributed by atoms with Gasteiger partial charge in [-0.2, -0.15) is 0 Å². The third kappa shape index (κ3) is 2.73. The van der Waals surface area contributed by atoms with E-state index in [1.165, 1.54) is 12.0 Å². The highest BCUT2D eigenvalue weighted by Gasteiger charge is 2.36. The maximum Gasteiger partial charge on any atom is 0.127 e. The van der Waals surface area contributed by atoms with Crippen molar-refractivity contribution in [2.24, 2.45) is 11.7 Å². The van der Waals surface area contributed by atoms with Crippen molar-refractivity contribution < 1.29 is 4.42 Å². The summed E-state index contributed by atoms with van der Waals surface area (Å²) in [5.41, 5.74) is 8.21. The van der Waals surface area contributed by atoms with Gasteiger partial charge in [0.15, 0.2) is 0 Å². The van der Waals surface area contributed by atoms with Crippen molar-refractivity contribution in [1.29, 1.82) is 0 Å². The lowest BCUT2D eigenvalue weighted by Gasteiger charge is -2.16. The topological polar surface area (TPSA) is 51.2 Å². The van der Waals surface area contributed by atoms with E-state index in [1.807, 2.05) is 0 Å². The van der Waals surface area contributed by atoms with Crippen molar-refractivity contribution >= 4 is 5.69 Å². The minimum absolute atomic E-state index is 0.0283. The fraction of sp³-hybridized carbons (Fsp3) is 0.412. The van der Waals surface area contributed by atoms with Crippen molar-refractivity contribution in [3.05, 3.63) is 53.5 Å². The van der Waals surface area contributed by atoms with Gasteiger partial charge in [-0.15, -0.1) is 0 Å². The Labute approximate surface area is 120 Å². The molecule has 3 atom stereocenters. The van der Waals surface area contributed by atoms with Gasteiger partial charge in [-0.25, -0.2) is 0 Å². The summed E-state index contributed by atoms with van der Waals surface area (Å²) in [4.78, 5) is 0. The Hall–Kier alpha value is -1.74. The molecule has 0 radical (unpaired) electrons. The van der Waals surface area contributed by atoms with Crippen LogP contribution in [-0.2, 0) is 0 Å². The number of nitrogens with two attached hydrogens (primary N) is 1. The molecule has 1 saturated carbocycles. The Kier molecular flexibility index (Phi) is 3.53. The lowest BCUT2D eigenvalue weighted by molar-refractivity contribution is 0.441. The average Bonchev–Trinajstić information content (AvgIpc) is 3.00. The highest BCUT2D eigenvalue weighted by atomic mass is 16.3. The van der Waals surface area contributed by atoms with Crippen LogP contribution in [0, 0.1) is 12.8 Å². The molecule has 1 aliphatic rings. The molecule has 1 aromatic heterocycles. The van der Waals surface area contributed by atoms with Crippen LogP contribution in [0.2, 0.25) is 0 Å². The van der Waals surface area contributed by atoms with Crippen LogP contribution in [0.4, 0.5) is 5.69 Å². The predicted octanol–water partition coefficient (Wildman–Crippen LogP) is 3.82. The number of hydrogen-bond acceptors (Lipinski definition) is 3. The van der Waals surface area contributed by atoms with Crippen LogP contribution < -0.4 is 11.1 Å². The molecule has 0 spiro atoms. The number of benzene rings is 1. The fourth-order valence-electron chi connectivity index (χ4n) is 2.57. The maximum absolute atomic E-state index is 5.98. The van der Waals surface area contributed by atoms with Gasteiger partial charge in [-0.1, -0.05) is 24.6 Å². The minimum Gasteiger partial charge on any atom is -0.464 e. The molecule has 1 heterocycles. The first-order chi connectivity index (χ1) is 9.67. The van der Waals surface area contributed by atoms with E-state index in [1.54, 1.807) is 0 Å². The van der Waals surface area contributed by atoms with Gasteiger partial charge in [0.25, 0.3) is 0 Å². The lowest BCUT2D eigenvalue weighted by atomic mass is 10.2. The molecular weight excluding hydrogens is 248 g/mol. The average molecular weight is 270 g/mol. The first-order valence-corrected chi connectivity index (χ1v) is 7.30. The van der Waals surface area contributed by atoms with Gasteiger partial charge in [0.2, 0.25) is 0 Å². The zero-order valence-electron chi connectivity index (χ0n) is 12.1. The molecule has 0 aliphatic heterocycles.